The lowest BCUT2D eigenvalue weighted by Crippen LogP contribution is -2.30. The maximum Gasteiger partial charge on any atom is 0.251 e. The first kappa shape index (κ1) is 24.3. The van der Waals surface area contributed by atoms with Gasteiger partial charge in [0, 0.05) is 11.1 Å². The average Bonchev–Trinajstić information content (AvgIpc) is 2.78. The monoisotopic (exact) mass is 466 g/mol. The second-order valence-electron chi connectivity index (χ2n) is 8.19. The zero-order valence-corrected chi connectivity index (χ0v) is 20.4. The van der Waals surface area contributed by atoms with Crippen molar-refractivity contribution in [2.45, 2.75) is 33.4 Å². The van der Waals surface area contributed by atoms with Crippen LogP contribution in [-0.4, -0.2) is 27.7 Å². The molecule has 3 rings (SSSR count). The number of sulfonamides is 1. The molecule has 174 valence electrons. The summed E-state index contributed by atoms with van der Waals surface area (Å²) in [4.78, 5) is 12.8. The Morgan fingerprint density at radius 2 is 1.70 bits per heavy atom. The van der Waals surface area contributed by atoms with Crippen LogP contribution in [0.15, 0.2) is 66.7 Å². The molecule has 7 heteroatoms. The molecular weight excluding hydrogens is 436 g/mol. The summed E-state index contributed by atoms with van der Waals surface area (Å²) in [7, 11) is -1.89. The van der Waals surface area contributed by atoms with E-state index in [1.807, 2.05) is 63.2 Å². The van der Waals surface area contributed by atoms with Crippen LogP contribution >= 0.6 is 0 Å². The fraction of sp³-hybridized carbons (Fsp3) is 0.269. The first-order chi connectivity index (χ1) is 15.6. The Balaban J connectivity index is 1.77. The zero-order valence-electron chi connectivity index (χ0n) is 19.6. The quantitative estimate of drug-likeness (QED) is 0.519. The van der Waals surface area contributed by atoms with Crippen molar-refractivity contribution in [2.75, 3.05) is 17.7 Å². The van der Waals surface area contributed by atoms with Crippen LogP contribution in [0.1, 0.15) is 45.6 Å². The molecule has 0 aromatic heterocycles. The molecule has 0 aliphatic heterocycles. The minimum atomic E-state index is -3.49. The Kier molecular flexibility index (Phi) is 7.43. The molecule has 6 nitrogen and oxygen atoms in total. The van der Waals surface area contributed by atoms with E-state index in [2.05, 4.69) is 5.32 Å². The fourth-order valence-electron chi connectivity index (χ4n) is 3.68. The van der Waals surface area contributed by atoms with Gasteiger partial charge < -0.3 is 10.1 Å². The summed E-state index contributed by atoms with van der Waals surface area (Å²) in [5.74, 6) is 0.502. The maximum atomic E-state index is 12.8. The number of hydrogen-bond donors (Lipinski definition) is 1. The van der Waals surface area contributed by atoms with Crippen LogP contribution in [0.2, 0.25) is 0 Å². The molecule has 0 unspecified atom stereocenters. The Hall–Kier alpha value is -3.32. The minimum absolute atomic E-state index is 0.183. The first-order valence-electron chi connectivity index (χ1n) is 10.7. The number of para-hydroxylation sites is 1. The van der Waals surface area contributed by atoms with E-state index < -0.39 is 10.0 Å². The van der Waals surface area contributed by atoms with Gasteiger partial charge in [-0.2, -0.15) is 0 Å². The molecule has 0 aliphatic rings. The Morgan fingerprint density at radius 1 is 1.03 bits per heavy atom. The number of amides is 1. The van der Waals surface area contributed by atoms with Crippen LogP contribution < -0.4 is 14.4 Å². The zero-order chi connectivity index (χ0) is 24.2. The van der Waals surface area contributed by atoms with Gasteiger partial charge in [-0.25, -0.2) is 8.42 Å². The van der Waals surface area contributed by atoms with Crippen molar-refractivity contribution in [3.8, 4) is 5.75 Å². The van der Waals surface area contributed by atoms with E-state index >= 15 is 0 Å². The fourth-order valence-corrected chi connectivity index (χ4v) is 4.62. The van der Waals surface area contributed by atoms with Crippen molar-refractivity contribution in [1.82, 2.24) is 5.32 Å². The van der Waals surface area contributed by atoms with E-state index in [0.29, 0.717) is 17.0 Å². The summed E-state index contributed by atoms with van der Waals surface area (Å²) in [5.41, 5.74) is 4.70. The lowest BCUT2D eigenvalue weighted by atomic mass is 10.1. The Morgan fingerprint density at radius 3 is 2.33 bits per heavy atom. The predicted octanol–water partition coefficient (Wildman–Crippen LogP) is 4.77. The summed E-state index contributed by atoms with van der Waals surface area (Å²) in [6.07, 6.45) is 1.20. The number of rotatable bonds is 8. The average molecular weight is 467 g/mol. The molecule has 33 heavy (non-hydrogen) atoms. The summed E-state index contributed by atoms with van der Waals surface area (Å²) in [6, 6.07) is 20.1. The smallest absolute Gasteiger partial charge is 0.251 e. The number of methoxy groups -OCH3 is 1. The number of benzene rings is 3. The van der Waals surface area contributed by atoms with Crippen molar-refractivity contribution in [3.05, 3.63) is 94.5 Å². The SMILES string of the molecule is COc1ccccc1[C@H](C)NC(=O)c1ccc(CN(c2cc(C)ccc2C)S(C)(=O)=O)cc1. The molecule has 1 N–H and O–H groups in total. The topological polar surface area (TPSA) is 75.7 Å². The number of anilines is 1. The van der Waals surface area contributed by atoms with Crippen molar-refractivity contribution in [3.63, 3.8) is 0 Å². The van der Waals surface area contributed by atoms with Gasteiger partial charge in [-0.3, -0.25) is 9.10 Å². The van der Waals surface area contributed by atoms with Crippen LogP contribution in [0.5, 0.6) is 5.75 Å². The molecule has 1 amide bonds. The van der Waals surface area contributed by atoms with Crippen LogP contribution in [-0.2, 0) is 16.6 Å². The highest BCUT2D eigenvalue weighted by atomic mass is 32.2. The highest BCUT2D eigenvalue weighted by Gasteiger charge is 2.20. The number of hydrogen-bond acceptors (Lipinski definition) is 4. The number of carbonyl (C=O) groups excluding carboxylic acids is 1. The van der Waals surface area contributed by atoms with Crippen LogP contribution in [0.25, 0.3) is 0 Å². The van der Waals surface area contributed by atoms with E-state index in [1.165, 1.54) is 10.6 Å². The Bertz CT molecular complexity index is 1240. The lowest BCUT2D eigenvalue weighted by molar-refractivity contribution is 0.0939. The molecule has 0 fully saturated rings. The van der Waals surface area contributed by atoms with Gasteiger partial charge in [0.25, 0.3) is 5.91 Å². The van der Waals surface area contributed by atoms with E-state index in [1.54, 1.807) is 31.4 Å². The lowest BCUT2D eigenvalue weighted by Gasteiger charge is -2.25. The molecule has 0 aliphatic carbocycles. The van der Waals surface area contributed by atoms with Gasteiger partial charge in [0.15, 0.2) is 0 Å². The standard InChI is InChI=1S/C26H30N2O4S/c1-18-10-11-19(2)24(16-18)28(33(5,30)31)17-21-12-14-22(15-13-21)26(29)27-20(3)23-8-6-7-9-25(23)32-4/h6-16,20H,17H2,1-5H3,(H,27,29)/t20-/m0/s1. The third-order valence-corrected chi connectivity index (χ3v) is 6.66. The van der Waals surface area contributed by atoms with E-state index in [9.17, 15) is 13.2 Å². The van der Waals surface area contributed by atoms with Gasteiger partial charge in [0.05, 0.1) is 31.6 Å². The first-order valence-corrected chi connectivity index (χ1v) is 12.5. The number of nitrogens with one attached hydrogen (secondary N) is 1. The summed E-state index contributed by atoms with van der Waals surface area (Å²) in [5, 5.41) is 2.99. The van der Waals surface area contributed by atoms with Gasteiger partial charge in [-0.05, 0) is 61.7 Å². The summed E-state index contributed by atoms with van der Waals surface area (Å²) in [6.45, 7) is 5.91. The van der Waals surface area contributed by atoms with Gasteiger partial charge in [0.1, 0.15) is 5.75 Å². The Labute approximate surface area is 196 Å². The normalized spacial score (nSPS) is 12.2. The summed E-state index contributed by atoms with van der Waals surface area (Å²) < 4.78 is 31.8. The minimum Gasteiger partial charge on any atom is -0.496 e. The molecule has 0 saturated carbocycles. The maximum absolute atomic E-state index is 12.8. The van der Waals surface area contributed by atoms with Gasteiger partial charge in [-0.1, -0.05) is 42.5 Å². The third-order valence-electron chi connectivity index (χ3n) is 5.53. The molecule has 0 saturated heterocycles. The van der Waals surface area contributed by atoms with Crippen LogP contribution in [0.4, 0.5) is 5.69 Å². The molecule has 0 spiro atoms. The highest BCUT2D eigenvalue weighted by molar-refractivity contribution is 7.92. The van der Waals surface area contributed by atoms with Gasteiger partial charge >= 0.3 is 0 Å². The van der Waals surface area contributed by atoms with Crippen molar-refractivity contribution in [2.24, 2.45) is 0 Å². The number of carbonyl (C=O) groups is 1. The largest absolute Gasteiger partial charge is 0.496 e. The van der Waals surface area contributed by atoms with Gasteiger partial charge in [-0.15, -0.1) is 0 Å². The number of aryl methyl sites for hydroxylation is 2. The van der Waals surface area contributed by atoms with E-state index in [0.717, 1.165) is 22.3 Å². The number of ether oxygens (including phenoxy) is 1. The molecule has 0 heterocycles. The molecule has 0 radical (unpaired) electrons. The van der Waals surface area contributed by atoms with E-state index in [4.69, 9.17) is 4.74 Å². The predicted molar refractivity (Wildman–Crippen MR) is 132 cm³/mol. The second kappa shape index (κ2) is 10.1. The molecule has 0 bridgehead atoms. The van der Waals surface area contributed by atoms with Gasteiger partial charge in [0.2, 0.25) is 10.0 Å². The summed E-state index contributed by atoms with van der Waals surface area (Å²) >= 11 is 0. The van der Waals surface area contributed by atoms with Crippen LogP contribution in [0.3, 0.4) is 0 Å². The highest BCUT2D eigenvalue weighted by Crippen LogP contribution is 2.27. The van der Waals surface area contributed by atoms with Crippen molar-refractivity contribution < 1.29 is 17.9 Å². The second-order valence-corrected chi connectivity index (χ2v) is 10.1. The van der Waals surface area contributed by atoms with Crippen molar-refractivity contribution >= 4 is 21.6 Å². The van der Waals surface area contributed by atoms with Crippen LogP contribution in [0, 0.1) is 13.8 Å². The molecule has 1 atom stereocenters. The third kappa shape index (κ3) is 5.93. The number of nitrogens with zero attached hydrogens (tertiary/aromatic N) is 1. The molecular formula is C26H30N2O4S. The molecule has 3 aromatic rings. The van der Waals surface area contributed by atoms with E-state index in [-0.39, 0.29) is 18.5 Å². The van der Waals surface area contributed by atoms with Crippen molar-refractivity contribution in [1.29, 1.82) is 0 Å². The molecule has 3 aromatic carbocycles.